The van der Waals surface area contributed by atoms with Crippen LogP contribution in [0.15, 0.2) is 36.4 Å². The number of benzene rings is 2. The minimum absolute atomic E-state index is 0.266. The molecule has 5 heteroatoms. The van der Waals surface area contributed by atoms with E-state index >= 15 is 0 Å². The SMILES string of the molecule is COc1ccc2c(Cl)nc(-c3cc(C)ccc3F)nc2c1. The van der Waals surface area contributed by atoms with Gasteiger partial charge in [-0.1, -0.05) is 23.2 Å². The molecule has 0 spiro atoms. The Morgan fingerprint density at radius 1 is 1.10 bits per heavy atom. The molecule has 0 radical (unpaired) electrons. The summed E-state index contributed by atoms with van der Waals surface area (Å²) < 4.78 is 19.2. The van der Waals surface area contributed by atoms with E-state index in [1.165, 1.54) is 6.07 Å². The second kappa shape index (κ2) is 5.30. The molecule has 0 saturated heterocycles. The molecule has 0 aliphatic rings. The van der Waals surface area contributed by atoms with E-state index in [2.05, 4.69) is 9.97 Å². The number of aryl methyl sites for hydroxylation is 1. The molecular formula is C16H12ClFN2O. The van der Waals surface area contributed by atoms with Crippen LogP contribution in [0.25, 0.3) is 22.3 Å². The van der Waals surface area contributed by atoms with Crippen LogP contribution in [0.2, 0.25) is 5.15 Å². The van der Waals surface area contributed by atoms with Crippen molar-refractivity contribution in [3.8, 4) is 17.1 Å². The van der Waals surface area contributed by atoms with Crippen molar-refractivity contribution in [3.05, 3.63) is 52.9 Å². The zero-order chi connectivity index (χ0) is 15.0. The van der Waals surface area contributed by atoms with Crippen molar-refractivity contribution in [3.63, 3.8) is 0 Å². The highest BCUT2D eigenvalue weighted by Crippen LogP contribution is 2.28. The van der Waals surface area contributed by atoms with Crippen LogP contribution in [0.3, 0.4) is 0 Å². The molecule has 2 aromatic carbocycles. The predicted molar refractivity (Wildman–Crippen MR) is 81.2 cm³/mol. The number of ether oxygens (including phenoxy) is 1. The quantitative estimate of drug-likeness (QED) is 0.658. The van der Waals surface area contributed by atoms with E-state index in [0.29, 0.717) is 27.4 Å². The maximum atomic E-state index is 14.0. The second-order valence-electron chi connectivity index (χ2n) is 4.70. The van der Waals surface area contributed by atoms with E-state index in [4.69, 9.17) is 16.3 Å². The average molecular weight is 303 g/mol. The van der Waals surface area contributed by atoms with Crippen LogP contribution >= 0.6 is 11.6 Å². The Balaban J connectivity index is 2.26. The standard InChI is InChI=1S/C16H12ClFN2O/c1-9-3-6-13(18)12(7-9)16-19-14-8-10(21-2)4-5-11(14)15(17)20-16/h3-8H,1-2H3. The smallest absolute Gasteiger partial charge is 0.164 e. The maximum absolute atomic E-state index is 14.0. The van der Waals surface area contributed by atoms with Crippen LogP contribution in [-0.4, -0.2) is 17.1 Å². The van der Waals surface area contributed by atoms with Crippen molar-refractivity contribution < 1.29 is 9.13 Å². The number of aromatic nitrogens is 2. The van der Waals surface area contributed by atoms with Crippen LogP contribution in [0, 0.1) is 12.7 Å². The Morgan fingerprint density at radius 3 is 2.67 bits per heavy atom. The van der Waals surface area contributed by atoms with E-state index in [1.807, 2.05) is 6.92 Å². The summed E-state index contributed by atoms with van der Waals surface area (Å²) in [6.07, 6.45) is 0. The molecule has 3 rings (SSSR count). The first-order valence-electron chi connectivity index (χ1n) is 6.36. The fraction of sp³-hybridized carbons (Fsp3) is 0.125. The summed E-state index contributed by atoms with van der Waals surface area (Å²) in [6, 6.07) is 10.1. The van der Waals surface area contributed by atoms with Crippen molar-refractivity contribution in [1.82, 2.24) is 9.97 Å². The number of rotatable bonds is 2. The Labute approximate surface area is 126 Å². The maximum Gasteiger partial charge on any atom is 0.164 e. The van der Waals surface area contributed by atoms with Crippen LogP contribution in [0.5, 0.6) is 5.75 Å². The van der Waals surface area contributed by atoms with Crippen molar-refractivity contribution in [2.24, 2.45) is 0 Å². The van der Waals surface area contributed by atoms with Gasteiger partial charge in [-0.25, -0.2) is 14.4 Å². The molecule has 1 aromatic heterocycles. The molecule has 0 aliphatic carbocycles. The predicted octanol–water partition coefficient (Wildman–Crippen LogP) is 4.41. The third kappa shape index (κ3) is 2.54. The summed E-state index contributed by atoms with van der Waals surface area (Å²) in [5.74, 6) is 0.550. The molecule has 0 atom stereocenters. The lowest BCUT2D eigenvalue weighted by atomic mass is 10.1. The molecule has 0 unspecified atom stereocenters. The fourth-order valence-electron chi connectivity index (χ4n) is 2.13. The molecule has 1 heterocycles. The first-order valence-corrected chi connectivity index (χ1v) is 6.74. The zero-order valence-corrected chi connectivity index (χ0v) is 12.3. The largest absolute Gasteiger partial charge is 0.497 e. The number of hydrogen-bond acceptors (Lipinski definition) is 3. The number of nitrogens with zero attached hydrogens (tertiary/aromatic N) is 2. The van der Waals surface area contributed by atoms with E-state index in [1.54, 1.807) is 37.4 Å². The molecule has 0 amide bonds. The summed E-state index contributed by atoms with van der Waals surface area (Å²) in [4.78, 5) is 8.60. The normalized spacial score (nSPS) is 10.9. The summed E-state index contributed by atoms with van der Waals surface area (Å²) >= 11 is 6.19. The molecule has 3 nitrogen and oxygen atoms in total. The number of methoxy groups -OCH3 is 1. The van der Waals surface area contributed by atoms with E-state index in [-0.39, 0.29) is 11.6 Å². The fourth-order valence-corrected chi connectivity index (χ4v) is 2.37. The zero-order valence-electron chi connectivity index (χ0n) is 11.5. The molecule has 0 fully saturated rings. The van der Waals surface area contributed by atoms with Gasteiger partial charge in [-0.2, -0.15) is 0 Å². The number of fused-ring (bicyclic) bond motifs is 1. The van der Waals surface area contributed by atoms with Gasteiger partial charge < -0.3 is 4.74 Å². The molecule has 0 N–H and O–H groups in total. The molecule has 0 bridgehead atoms. The van der Waals surface area contributed by atoms with Gasteiger partial charge >= 0.3 is 0 Å². The van der Waals surface area contributed by atoms with E-state index < -0.39 is 0 Å². The topological polar surface area (TPSA) is 35.0 Å². The second-order valence-corrected chi connectivity index (χ2v) is 5.06. The lowest BCUT2D eigenvalue weighted by Gasteiger charge is -2.07. The Bertz CT molecular complexity index is 836. The molecule has 0 saturated carbocycles. The van der Waals surface area contributed by atoms with Crippen LogP contribution in [0.1, 0.15) is 5.56 Å². The highest BCUT2D eigenvalue weighted by atomic mass is 35.5. The molecular weight excluding hydrogens is 291 g/mol. The number of hydrogen-bond donors (Lipinski definition) is 0. The summed E-state index contributed by atoms with van der Waals surface area (Å²) in [5.41, 5.74) is 1.88. The first kappa shape index (κ1) is 13.8. The van der Waals surface area contributed by atoms with Gasteiger partial charge in [0.05, 0.1) is 18.2 Å². The van der Waals surface area contributed by atoms with Crippen molar-refractivity contribution in [1.29, 1.82) is 0 Å². The van der Waals surface area contributed by atoms with Crippen molar-refractivity contribution >= 4 is 22.5 Å². The van der Waals surface area contributed by atoms with E-state index in [0.717, 1.165) is 5.56 Å². The van der Waals surface area contributed by atoms with Gasteiger partial charge in [0.1, 0.15) is 16.7 Å². The highest BCUT2D eigenvalue weighted by molar-refractivity contribution is 6.34. The van der Waals surface area contributed by atoms with Gasteiger partial charge in [0.25, 0.3) is 0 Å². The highest BCUT2D eigenvalue weighted by Gasteiger charge is 2.12. The van der Waals surface area contributed by atoms with Gasteiger partial charge in [0, 0.05) is 11.5 Å². The van der Waals surface area contributed by atoms with Crippen molar-refractivity contribution in [2.45, 2.75) is 6.92 Å². The summed E-state index contributed by atoms with van der Waals surface area (Å²) in [6.45, 7) is 1.88. The van der Waals surface area contributed by atoms with Crippen LogP contribution < -0.4 is 4.74 Å². The minimum atomic E-state index is -0.376. The third-order valence-electron chi connectivity index (χ3n) is 3.22. The first-order chi connectivity index (χ1) is 10.1. The van der Waals surface area contributed by atoms with E-state index in [9.17, 15) is 4.39 Å². The van der Waals surface area contributed by atoms with Gasteiger partial charge in [-0.3, -0.25) is 0 Å². The van der Waals surface area contributed by atoms with Gasteiger partial charge in [-0.05, 0) is 31.2 Å². The van der Waals surface area contributed by atoms with Crippen LogP contribution in [0.4, 0.5) is 4.39 Å². The molecule has 0 aliphatic heterocycles. The molecule has 21 heavy (non-hydrogen) atoms. The van der Waals surface area contributed by atoms with Crippen molar-refractivity contribution in [2.75, 3.05) is 7.11 Å². The lowest BCUT2D eigenvalue weighted by molar-refractivity contribution is 0.415. The Kier molecular flexibility index (Phi) is 3.47. The monoisotopic (exact) mass is 302 g/mol. The Morgan fingerprint density at radius 2 is 1.90 bits per heavy atom. The van der Waals surface area contributed by atoms with Crippen LogP contribution in [-0.2, 0) is 0 Å². The number of halogens is 2. The lowest BCUT2D eigenvalue weighted by Crippen LogP contribution is -1.95. The van der Waals surface area contributed by atoms with Gasteiger partial charge in [0.2, 0.25) is 0 Å². The minimum Gasteiger partial charge on any atom is -0.497 e. The van der Waals surface area contributed by atoms with Gasteiger partial charge in [-0.15, -0.1) is 0 Å². The molecule has 3 aromatic rings. The third-order valence-corrected chi connectivity index (χ3v) is 3.51. The molecule has 106 valence electrons. The summed E-state index contributed by atoms with van der Waals surface area (Å²) in [7, 11) is 1.57. The van der Waals surface area contributed by atoms with Gasteiger partial charge in [0.15, 0.2) is 5.82 Å². The average Bonchev–Trinajstić information content (AvgIpc) is 2.49. The summed E-state index contributed by atoms with van der Waals surface area (Å²) in [5, 5.41) is 0.993. The Hall–Kier alpha value is -2.20.